The predicted molar refractivity (Wildman–Crippen MR) is 75.5 cm³/mol. The molecule has 102 valence electrons. The van der Waals surface area contributed by atoms with Gasteiger partial charge in [0.05, 0.1) is 7.11 Å². The average molecular weight is 270 g/mol. The van der Waals surface area contributed by atoms with Gasteiger partial charge in [-0.25, -0.2) is 0 Å². The molecule has 4 heteroatoms. The van der Waals surface area contributed by atoms with Gasteiger partial charge in [0.1, 0.15) is 5.75 Å². The van der Waals surface area contributed by atoms with Crippen LogP contribution in [-0.4, -0.2) is 32.4 Å². The van der Waals surface area contributed by atoms with E-state index in [4.69, 9.17) is 14.2 Å². The maximum atomic E-state index is 5.52. The molecule has 0 saturated heterocycles. The van der Waals surface area contributed by atoms with E-state index in [1.807, 2.05) is 19.9 Å². The van der Waals surface area contributed by atoms with Gasteiger partial charge in [0, 0.05) is 23.9 Å². The summed E-state index contributed by atoms with van der Waals surface area (Å²) in [4.78, 5) is 1.12. The summed E-state index contributed by atoms with van der Waals surface area (Å²) >= 11 is 1.69. The molecule has 0 aliphatic heterocycles. The SMILES string of the molecule is CCOC(CSc1ccc(C)cc1OC)OCC. The van der Waals surface area contributed by atoms with E-state index in [1.54, 1.807) is 18.9 Å². The third-order valence-electron chi connectivity index (χ3n) is 2.40. The Kier molecular flexibility index (Phi) is 7.16. The summed E-state index contributed by atoms with van der Waals surface area (Å²) < 4.78 is 16.4. The highest BCUT2D eigenvalue weighted by molar-refractivity contribution is 7.99. The molecule has 0 spiro atoms. The summed E-state index contributed by atoms with van der Waals surface area (Å²) in [6, 6.07) is 6.20. The van der Waals surface area contributed by atoms with Gasteiger partial charge in [-0.05, 0) is 38.5 Å². The van der Waals surface area contributed by atoms with Crippen molar-refractivity contribution < 1.29 is 14.2 Å². The molecule has 0 fully saturated rings. The summed E-state index contributed by atoms with van der Waals surface area (Å²) in [7, 11) is 1.70. The van der Waals surface area contributed by atoms with Crippen LogP contribution in [0.1, 0.15) is 19.4 Å². The van der Waals surface area contributed by atoms with E-state index in [0.717, 1.165) is 16.4 Å². The molecule has 0 aromatic heterocycles. The molecule has 0 bridgehead atoms. The Hall–Kier alpha value is -0.710. The molecule has 1 aromatic rings. The molecule has 0 N–H and O–H groups in total. The Morgan fingerprint density at radius 1 is 1.17 bits per heavy atom. The van der Waals surface area contributed by atoms with Gasteiger partial charge in [0.15, 0.2) is 6.29 Å². The number of ether oxygens (including phenoxy) is 3. The number of aryl methyl sites for hydroxylation is 1. The number of benzene rings is 1. The molecule has 1 rings (SSSR count). The van der Waals surface area contributed by atoms with Crippen molar-refractivity contribution in [2.24, 2.45) is 0 Å². The van der Waals surface area contributed by atoms with Gasteiger partial charge < -0.3 is 14.2 Å². The molecule has 0 unspecified atom stereocenters. The van der Waals surface area contributed by atoms with Crippen LogP contribution in [0.25, 0.3) is 0 Å². The average Bonchev–Trinajstić information content (AvgIpc) is 2.37. The minimum Gasteiger partial charge on any atom is -0.496 e. The third kappa shape index (κ3) is 4.88. The normalized spacial score (nSPS) is 10.9. The topological polar surface area (TPSA) is 27.7 Å². The number of hydrogen-bond donors (Lipinski definition) is 0. The molecular weight excluding hydrogens is 248 g/mol. The quantitative estimate of drug-likeness (QED) is 0.534. The lowest BCUT2D eigenvalue weighted by Crippen LogP contribution is -2.20. The first-order valence-corrected chi connectivity index (χ1v) is 7.20. The Bertz CT molecular complexity index is 349. The van der Waals surface area contributed by atoms with E-state index in [1.165, 1.54) is 5.56 Å². The molecule has 0 radical (unpaired) electrons. The maximum absolute atomic E-state index is 5.52. The molecule has 0 heterocycles. The van der Waals surface area contributed by atoms with Crippen LogP contribution in [0.3, 0.4) is 0 Å². The Balaban J connectivity index is 2.60. The smallest absolute Gasteiger partial charge is 0.166 e. The van der Waals surface area contributed by atoms with Crippen molar-refractivity contribution in [2.45, 2.75) is 32.0 Å². The fourth-order valence-corrected chi connectivity index (χ4v) is 2.52. The molecule has 18 heavy (non-hydrogen) atoms. The van der Waals surface area contributed by atoms with E-state index in [-0.39, 0.29) is 6.29 Å². The first-order chi connectivity index (χ1) is 8.71. The van der Waals surface area contributed by atoms with Gasteiger partial charge in [-0.2, -0.15) is 0 Å². The molecule has 0 aliphatic carbocycles. The molecule has 1 aromatic carbocycles. The van der Waals surface area contributed by atoms with Crippen molar-refractivity contribution in [2.75, 3.05) is 26.1 Å². The first-order valence-electron chi connectivity index (χ1n) is 6.21. The van der Waals surface area contributed by atoms with Crippen LogP contribution in [0.4, 0.5) is 0 Å². The minimum absolute atomic E-state index is 0.156. The van der Waals surface area contributed by atoms with Crippen molar-refractivity contribution in [1.29, 1.82) is 0 Å². The molecule has 3 nitrogen and oxygen atoms in total. The highest BCUT2D eigenvalue weighted by Crippen LogP contribution is 2.30. The van der Waals surface area contributed by atoms with Gasteiger partial charge in [-0.15, -0.1) is 11.8 Å². The summed E-state index contributed by atoms with van der Waals surface area (Å²) in [6.07, 6.45) is -0.156. The highest BCUT2D eigenvalue weighted by atomic mass is 32.2. The van der Waals surface area contributed by atoms with Crippen molar-refractivity contribution in [3.05, 3.63) is 23.8 Å². The van der Waals surface area contributed by atoms with E-state index in [0.29, 0.717) is 13.2 Å². The monoisotopic (exact) mass is 270 g/mol. The number of thioether (sulfide) groups is 1. The highest BCUT2D eigenvalue weighted by Gasteiger charge is 2.11. The number of methoxy groups -OCH3 is 1. The van der Waals surface area contributed by atoms with Crippen LogP contribution in [0.2, 0.25) is 0 Å². The summed E-state index contributed by atoms with van der Waals surface area (Å²) in [5.74, 6) is 1.67. The fraction of sp³-hybridized carbons (Fsp3) is 0.571. The van der Waals surface area contributed by atoms with E-state index in [9.17, 15) is 0 Å². The first kappa shape index (κ1) is 15.3. The zero-order valence-electron chi connectivity index (χ0n) is 11.6. The maximum Gasteiger partial charge on any atom is 0.166 e. The standard InChI is InChI=1S/C14H22O3S/c1-5-16-14(17-6-2)10-18-13-8-7-11(3)9-12(13)15-4/h7-9,14H,5-6,10H2,1-4H3. The van der Waals surface area contributed by atoms with Crippen molar-refractivity contribution in [1.82, 2.24) is 0 Å². The fourth-order valence-electron chi connectivity index (χ4n) is 1.57. The Morgan fingerprint density at radius 2 is 1.83 bits per heavy atom. The van der Waals surface area contributed by atoms with Crippen LogP contribution in [-0.2, 0) is 9.47 Å². The summed E-state index contributed by atoms with van der Waals surface area (Å²) in [6.45, 7) is 7.33. The van der Waals surface area contributed by atoms with Crippen molar-refractivity contribution in [3.8, 4) is 5.75 Å². The Morgan fingerprint density at radius 3 is 2.39 bits per heavy atom. The van der Waals surface area contributed by atoms with Gasteiger partial charge in [0.25, 0.3) is 0 Å². The Labute approximate surface area is 114 Å². The van der Waals surface area contributed by atoms with Gasteiger partial charge >= 0.3 is 0 Å². The predicted octanol–water partition coefficient (Wildman–Crippen LogP) is 3.49. The molecular formula is C14H22O3S. The van der Waals surface area contributed by atoms with Crippen LogP contribution in [0.5, 0.6) is 5.75 Å². The van der Waals surface area contributed by atoms with Crippen molar-refractivity contribution in [3.63, 3.8) is 0 Å². The number of hydrogen-bond acceptors (Lipinski definition) is 4. The lowest BCUT2D eigenvalue weighted by Gasteiger charge is -2.17. The van der Waals surface area contributed by atoms with Crippen LogP contribution < -0.4 is 4.74 Å². The second-order valence-electron chi connectivity index (χ2n) is 3.81. The lowest BCUT2D eigenvalue weighted by molar-refractivity contribution is -0.120. The molecule has 0 aliphatic rings. The summed E-state index contributed by atoms with van der Waals surface area (Å²) in [5, 5.41) is 0. The molecule has 0 saturated carbocycles. The minimum atomic E-state index is -0.156. The van der Waals surface area contributed by atoms with E-state index < -0.39 is 0 Å². The van der Waals surface area contributed by atoms with Crippen LogP contribution in [0, 0.1) is 6.92 Å². The van der Waals surface area contributed by atoms with Gasteiger partial charge in [-0.1, -0.05) is 6.07 Å². The molecule has 0 amide bonds. The largest absolute Gasteiger partial charge is 0.496 e. The van der Waals surface area contributed by atoms with Gasteiger partial charge in [-0.3, -0.25) is 0 Å². The zero-order chi connectivity index (χ0) is 13.4. The van der Waals surface area contributed by atoms with E-state index in [2.05, 4.69) is 19.1 Å². The zero-order valence-corrected chi connectivity index (χ0v) is 12.4. The molecule has 0 atom stereocenters. The third-order valence-corrected chi connectivity index (χ3v) is 3.49. The number of rotatable bonds is 8. The van der Waals surface area contributed by atoms with Gasteiger partial charge in [0.2, 0.25) is 0 Å². The second kappa shape index (κ2) is 8.40. The summed E-state index contributed by atoms with van der Waals surface area (Å²) in [5.41, 5.74) is 1.20. The van der Waals surface area contributed by atoms with Crippen LogP contribution in [0.15, 0.2) is 23.1 Å². The second-order valence-corrected chi connectivity index (χ2v) is 4.87. The van der Waals surface area contributed by atoms with Crippen molar-refractivity contribution >= 4 is 11.8 Å². The van der Waals surface area contributed by atoms with Crippen LogP contribution >= 0.6 is 11.8 Å². The lowest BCUT2D eigenvalue weighted by atomic mass is 10.2. The van der Waals surface area contributed by atoms with E-state index >= 15 is 0 Å².